The smallest absolute Gasteiger partial charge is 0.390 e. The molecular formula is C29H49F3O2. The van der Waals surface area contributed by atoms with Crippen LogP contribution in [0.2, 0.25) is 0 Å². The Morgan fingerprint density at radius 3 is 2.26 bits per heavy atom. The largest absolute Gasteiger partial charge is 0.416 e. The van der Waals surface area contributed by atoms with Gasteiger partial charge in [0.05, 0.1) is 5.60 Å². The topological polar surface area (TPSA) is 40.5 Å². The number of hydrogen-bond donors (Lipinski definition) is 2. The quantitative estimate of drug-likeness (QED) is 0.414. The Morgan fingerprint density at radius 2 is 1.62 bits per heavy atom. The second-order valence-electron chi connectivity index (χ2n) is 13.8. The molecule has 0 spiro atoms. The summed E-state index contributed by atoms with van der Waals surface area (Å²) in [5, 5.41) is 21.1. The van der Waals surface area contributed by atoms with Crippen molar-refractivity contribution in [3.8, 4) is 0 Å². The zero-order chi connectivity index (χ0) is 25.2. The van der Waals surface area contributed by atoms with E-state index in [1.165, 1.54) is 38.5 Å². The lowest BCUT2D eigenvalue weighted by Crippen LogP contribution is -2.52. The number of rotatable bonds is 5. The second kappa shape index (κ2) is 8.92. The highest BCUT2D eigenvalue weighted by molar-refractivity contribution is 5.10. The summed E-state index contributed by atoms with van der Waals surface area (Å²) in [7, 11) is 0. The Kier molecular flexibility index (Phi) is 7.02. The molecule has 0 saturated heterocycles. The summed E-state index contributed by atoms with van der Waals surface area (Å²) in [6.07, 6.45) is 8.01. The number of aliphatic hydroxyl groups is 2. The molecule has 0 unspecified atom stereocenters. The Labute approximate surface area is 205 Å². The SMILES string of the molecule is CC[C@]1(O)CCC[C@@]2(C)[C@@H](CC[C@@H]3[C@@H]2CC[C@]2(C)[C@@H]([C@H](C)CC[C@](C)(O)C(F)(F)F)CC[C@@H]32)C1. The lowest BCUT2D eigenvalue weighted by atomic mass is 9.45. The normalized spacial score (nSPS) is 47.6. The first-order valence-corrected chi connectivity index (χ1v) is 14.2. The van der Waals surface area contributed by atoms with Crippen LogP contribution in [-0.4, -0.2) is 27.6 Å². The minimum atomic E-state index is -4.57. The maximum Gasteiger partial charge on any atom is 0.416 e. The third-order valence-corrected chi connectivity index (χ3v) is 12.2. The van der Waals surface area contributed by atoms with E-state index in [2.05, 4.69) is 27.7 Å². The van der Waals surface area contributed by atoms with Crippen LogP contribution >= 0.6 is 0 Å². The molecular weight excluding hydrogens is 437 g/mol. The van der Waals surface area contributed by atoms with Crippen LogP contribution in [0.15, 0.2) is 0 Å². The van der Waals surface area contributed by atoms with Gasteiger partial charge in [0, 0.05) is 0 Å². The van der Waals surface area contributed by atoms with Gasteiger partial charge < -0.3 is 10.2 Å². The van der Waals surface area contributed by atoms with E-state index >= 15 is 0 Å². The summed E-state index contributed by atoms with van der Waals surface area (Å²) in [6.45, 7) is 10.2. The fourth-order valence-corrected chi connectivity index (χ4v) is 9.77. The van der Waals surface area contributed by atoms with Crippen LogP contribution in [0.5, 0.6) is 0 Å². The van der Waals surface area contributed by atoms with E-state index in [0.29, 0.717) is 29.6 Å². The molecule has 0 aliphatic heterocycles. The van der Waals surface area contributed by atoms with Crippen molar-refractivity contribution in [3.63, 3.8) is 0 Å². The van der Waals surface area contributed by atoms with Crippen LogP contribution in [-0.2, 0) is 0 Å². The molecule has 198 valence electrons. The Hall–Kier alpha value is -0.290. The van der Waals surface area contributed by atoms with Gasteiger partial charge in [0.1, 0.15) is 0 Å². The highest BCUT2D eigenvalue weighted by Crippen LogP contribution is 2.68. The molecule has 4 saturated carbocycles. The van der Waals surface area contributed by atoms with Crippen LogP contribution in [0.3, 0.4) is 0 Å². The van der Waals surface area contributed by atoms with Gasteiger partial charge in [0.15, 0.2) is 5.60 Å². The minimum absolute atomic E-state index is 0.199. The fourth-order valence-electron chi connectivity index (χ4n) is 9.77. The molecule has 5 heteroatoms. The molecule has 0 bridgehead atoms. The van der Waals surface area contributed by atoms with Gasteiger partial charge in [-0.2, -0.15) is 13.2 Å². The van der Waals surface area contributed by atoms with Gasteiger partial charge in [0.25, 0.3) is 0 Å². The van der Waals surface area contributed by atoms with E-state index in [1.54, 1.807) is 0 Å². The number of fused-ring (bicyclic) bond motifs is 5. The van der Waals surface area contributed by atoms with Crippen LogP contribution in [0.4, 0.5) is 13.2 Å². The minimum Gasteiger partial charge on any atom is -0.390 e. The lowest BCUT2D eigenvalue weighted by Gasteiger charge is -2.59. The van der Waals surface area contributed by atoms with Gasteiger partial charge in [-0.05, 0) is 130 Å². The van der Waals surface area contributed by atoms with Crippen molar-refractivity contribution in [1.82, 2.24) is 0 Å². The first kappa shape index (κ1) is 26.8. The summed E-state index contributed by atoms with van der Waals surface area (Å²) in [4.78, 5) is 0. The molecule has 0 radical (unpaired) electrons. The van der Waals surface area contributed by atoms with Gasteiger partial charge in [-0.3, -0.25) is 0 Å². The Balaban J connectivity index is 1.48. The lowest BCUT2D eigenvalue weighted by molar-refractivity contribution is -0.256. The van der Waals surface area contributed by atoms with Crippen molar-refractivity contribution >= 4 is 0 Å². The van der Waals surface area contributed by atoms with Gasteiger partial charge in [-0.1, -0.05) is 34.1 Å². The molecule has 4 aliphatic rings. The van der Waals surface area contributed by atoms with Crippen LogP contribution in [0, 0.1) is 46.3 Å². The van der Waals surface area contributed by atoms with E-state index in [9.17, 15) is 23.4 Å². The fraction of sp³-hybridized carbons (Fsp3) is 1.00. The van der Waals surface area contributed by atoms with E-state index in [0.717, 1.165) is 50.9 Å². The van der Waals surface area contributed by atoms with Crippen molar-refractivity contribution in [2.24, 2.45) is 46.3 Å². The van der Waals surface area contributed by atoms with Crippen LogP contribution in [0.25, 0.3) is 0 Å². The second-order valence-corrected chi connectivity index (χ2v) is 13.8. The number of hydrogen-bond acceptors (Lipinski definition) is 2. The molecule has 4 fully saturated rings. The van der Waals surface area contributed by atoms with E-state index in [4.69, 9.17) is 0 Å². The molecule has 0 aromatic rings. The van der Waals surface area contributed by atoms with Crippen molar-refractivity contribution in [1.29, 1.82) is 0 Å². The average molecular weight is 487 g/mol. The summed E-state index contributed by atoms with van der Waals surface area (Å²) in [5.41, 5.74) is -2.55. The molecule has 4 rings (SSSR count). The first-order chi connectivity index (χ1) is 15.7. The van der Waals surface area contributed by atoms with Crippen molar-refractivity contribution in [2.45, 2.75) is 135 Å². The third-order valence-electron chi connectivity index (χ3n) is 12.2. The molecule has 0 aromatic carbocycles. The molecule has 2 nitrogen and oxygen atoms in total. The van der Waals surface area contributed by atoms with Gasteiger partial charge in [-0.25, -0.2) is 0 Å². The summed E-state index contributed by atoms with van der Waals surface area (Å²) >= 11 is 0. The summed E-state index contributed by atoms with van der Waals surface area (Å²) in [5.74, 6) is 3.39. The van der Waals surface area contributed by atoms with E-state index in [-0.39, 0.29) is 17.8 Å². The van der Waals surface area contributed by atoms with Crippen molar-refractivity contribution in [3.05, 3.63) is 0 Å². The Bertz CT molecular complexity index is 735. The van der Waals surface area contributed by atoms with Gasteiger partial charge in [-0.15, -0.1) is 0 Å². The molecule has 0 heterocycles. The molecule has 2 N–H and O–H groups in total. The predicted octanol–water partition coefficient (Wildman–Crippen LogP) is 7.91. The zero-order valence-corrected chi connectivity index (χ0v) is 22.2. The van der Waals surface area contributed by atoms with E-state index < -0.39 is 17.4 Å². The molecule has 34 heavy (non-hydrogen) atoms. The standard InChI is InChI=1S/C29H49F3O2/c1-6-28(34)15-7-14-25(3)20(18-28)8-9-21-23-11-10-22(26(23,4)16-13-24(21)25)19(2)12-17-27(5,33)29(30,31)32/h19-24,33-34H,6-18H2,1-5H3/t19-,20+,21+,22-,23+,24+,25+,26-,27+,28+/m1/s1. The molecule has 0 amide bonds. The number of alkyl halides is 3. The third kappa shape index (κ3) is 4.37. The number of halogens is 3. The average Bonchev–Trinajstić information content (AvgIpc) is 3.03. The maximum absolute atomic E-state index is 13.2. The maximum atomic E-state index is 13.2. The molecule has 4 aliphatic carbocycles. The van der Waals surface area contributed by atoms with Crippen molar-refractivity contribution < 1.29 is 23.4 Å². The van der Waals surface area contributed by atoms with E-state index in [1.807, 2.05) is 0 Å². The Morgan fingerprint density at radius 1 is 0.941 bits per heavy atom. The van der Waals surface area contributed by atoms with Crippen LogP contribution in [0.1, 0.15) is 118 Å². The predicted molar refractivity (Wildman–Crippen MR) is 130 cm³/mol. The van der Waals surface area contributed by atoms with Gasteiger partial charge >= 0.3 is 6.18 Å². The zero-order valence-electron chi connectivity index (χ0n) is 22.2. The molecule has 0 aromatic heterocycles. The molecule has 10 atom stereocenters. The summed E-state index contributed by atoms with van der Waals surface area (Å²) in [6, 6.07) is 0. The highest BCUT2D eigenvalue weighted by atomic mass is 19.4. The van der Waals surface area contributed by atoms with Gasteiger partial charge in [0.2, 0.25) is 0 Å². The monoisotopic (exact) mass is 486 g/mol. The van der Waals surface area contributed by atoms with Crippen LogP contribution < -0.4 is 0 Å². The van der Waals surface area contributed by atoms with Crippen molar-refractivity contribution in [2.75, 3.05) is 0 Å². The first-order valence-electron chi connectivity index (χ1n) is 14.2. The highest BCUT2D eigenvalue weighted by Gasteiger charge is 2.61. The summed E-state index contributed by atoms with van der Waals surface area (Å²) < 4.78 is 39.6.